The molecule has 0 saturated heterocycles. The zero-order valence-electron chi connectivity index (χ0n) is 19.2. The van der Waals surface area contributed by atoms with Crippen LogP contribution < -0.4 is 5.32 Å². The molecule has 0 spiro atoms. The van der Waals surface area contributed by atoms with Gasteiger partial charge in [0.2, 0.25) is 0 Å². The maximum atomic E-state index is 12.2. The molecule has 2 rings (SSSR count). The Morgan fingerprint density at radius 3 is 1.77 bits per heavy atom. The van der Waals surface area contributed by atoms with Crippen LogP contribution in [0.1, 0.15) is 58.1 Å². The minimum Gasteiger partial charge on any atom is -0.301 e. The van der Waals surface area contributed by atoms with Gasteiger partial charge in [0.25, 0.3) is 0 Å². The summed E-state index contributed by atoms with van der Waals surface area (Å²) in [5, 5.41) is 3.58. The molecule has 0 bridgehead atoms. The van der Waals surface area contributed by atoms with Crippen molar-refractivity contribution < 1.29 is 4.79 Å². The Bertz CT molecular complexity index is 705. The molecule has 0 aliphatic carbocycles. The quantitative estimate of drug-likeness (QED) is 0.332. The molecule has 0 heterocycles. The van der Waals surface area contributed by atoms with Crippen molar-refractivity contribution in [3.8, 4) is 0 Å². The van der Waals surface area contributed by atoms with Crippen LogP contribution in [0, 0.1) is 0 Å². The van der Waals surface area contributed by atoms with Crippen LogP contribution in [0.2, 0.25) is 0 Å². The van der Waals surface area contributed by atoms with Gasteiger partial charge in [-0.25, -0.2) is 0 Å². The van der Waals surface area contributed by atoms with Gasteiger partial charge >= 0.3 is 0 Å². The third-order valence-electron chi connectivity index (χ3n) is 5.23. The molecule has 0 radical (unpaired) electrons. The maximum Gasteiger partial charge on any atom is 0.140 e. The summed E-state index contributed by atoms with van der Waals surface area (Å²) in [5.74, 6) is 0. The molecule has 1 N–H and O–H groups in total. The number of aldehydes is 1. The van der Waals surface area contributed by atoms with Crippen LogP contribution >= 0.6 is 0 Å². The first-order valence-electron chi connectivity index (χ1n) is 11.1. The lowest BCUT2D eigenvalue weighted by molar-refractivity contribution is -0.113. The van der Waals surface area contributed by atoms with Gasteiger partial charge in [0, 0.05) is 6.04 Å². The second-order valence-corrected chi connectivity index (χ2v) is 7.96. The Morgan fingerprint density at radius 1 is 0.967 bits per heavy atom. The first-order chi connectivity index (χ1) is 14.5. The Kier molecular flexibility index (Phi) is 12.4. The highest BCUT2D eigenvalue weighted by Gasteiger charge is 2.32. The van der Waals surface area contributed by atoms with Crippen molar-refractivity contribution in [2.24, 2.45) is 0 Å². The van der Waals surface area contributed by atoms with E-state index < -0.39 is 5.54 Å². The first-order valence-corrected chi connectivity index (χ1v) is 11.1. The van der Waals surface area contributed by atoms with E-state index >= 15 is 0 Å². The number of carbonyl (C=O) groups is 1. The van der Waals surface area contributed by atoms with Crippen molar-refractivity contribution in [1.82, 2.24) is 5.32 Å². The van der Waals surface area contributed by atoms with Crippen molar-refractivity contribution in [2.45, 2.75) is 71.4 Å². The Labute approximate surface area is 184 Å². The minimum absolute atomic E-state index is 0.0793. The van der Waals surface area contributed by atoms with E-state index in [1.54, 1.807) is 6.08 Å². The van der Waals surface area contributed by atoms with Crippen molar-refractivity contribution in [3.05, 3.63) is 96.1 Å². The summed E-state index contributed by atoms with van der Waals surface area (Å²) >= 11 is 0. The van der Waals surface area contributed by atoms with Gasteiger partial charge in [0.15, 0.2) is 0 Å². The summed E-state index contributed by atoms with van der Waals surface area (Å²) < 4.78 is 0. The maximum absolute atomic E-state index is 12.2. The fraction of sp³-hybridized carbons (Fsp3) is 0.393. The minimum atomic E-state index is -0.654. The number of hydrogen-bond donors (Lipinski definition) is 1. The molecular formula is C28H39NO. The van der Waals surface area contributed by atoms with E-state index in [1.165, 1.54) is 19.3 Å². The molecule has 0 aromatic heterocycles. The van der Waals surface area contributed by atoms with E-state index in [0.717, 1.165) is 23.0 Å². The van der Waals surface area contributed by atoms with Crippen LogP contribution in [0.5, 0.6) is 0 Å². The third kappa shape index (κ3) is 9.37. The highest BCUT2D eigenvalue weighted by Crippen LogP contribution is 2.20. The fourth-order valence-electron chi connectivity index (χ4n) is 3.43. The largest absolute Gasteiger partial charge is 0.301 e. The van der Waals surface area contributed by atoms with E-state index in [4.69, 9.17) is 0 Å². The van der Waals surface area contributed by atoms with Crippen molar-refractivity contribution in [3.63, 3.8) is 0 Å². The Balaban J connectivity index is 0.000000804. The predicted molar refractivity (Wildman–Crippen MR) is 131 cm³/mol. The van der Waals surface area contributed by atoms with Crippen LogP contribution in [0.15, 0.2) is 85.0 Å². The van der Waals surface area contributed by atoms with Crippen molar-refractivity contribution in [2.75, 3.05) is 0 Å². The van der Waals surface area contributed by atoms with Crippen LogP contribution in [-0.4, -0.2) is 17.9 Å². The molecule has 0 fully saturated rings. The molecular weight excluding hydrogens is 366 g/mol. The zero-order valence-corrected chi connectivity index (χ0v) is 19.2. The summed E-state index contributed by atoms with van der Waals surface area (Å²) in [4.78, 5) is 12.2. The number of allylic oxidation sites excluding steroid dienone is 2. The Morgan fingerprint density at radius 2 is 1.43 bits per heavy atom. The SMILES string of the molecule is C=C/C=C(/C)C(C)NC(C=O)(Cc1ccccc1)Cc1ccccc1.CCCCC. The van der Waals surface area contributed by atoms with Gasteiger partial charge in [-0.3, -0.25) is 5.32 Å². The highest BCUT2D eigenvalue weighted by atomic mass is 16.1. The smallest absolute Gasteiger partial charge is 0.140 e. The van der Waals surface area contributed by atoms with Crippen molar-refractivity contribution >= 4 is 6.29 Å². The van der Waals surface area contributed by atoms with Gasteiger partial charge in [-0.05, 0) is 37.8 Å². The standard InChI is InChI=1S/C23H27NO.C5H12/c1-4-11-19(2)20(3)24-23(18-25,16-21-12-7-5-8-13-21)17-22-14-9-6-10-15-22;1-3-5-4-2/h4-15,18,20,24H,1,16-17H2,2-3H3;3-5H2,1-2H3/b19-11-;. The van der Waals surface area contributed by atoms with E-state index in [-0.39, 0.29) is 6.04 Å². The van der Waals surface area contributed by atoms with E-state index in [0.29, 0.717) is 12.8 Å². The average molecular weight is 406 g/mol. The molecule has 0 aliphatic rings. The second-order valence-electron chi connectivity index (χ2n) is 7.96. The molecule has 162 valence electrons. The number of benzene rings is 2. The molecule has 1 atom stereocenters. The monoisotopic (exact) mass is 405 g/mol. The van der Waals surface area contributed by atoms with Crippen LogP contribution in [0.25, 0.3) is 0 Å². The number of carbonyl (C=O) groups excluding carboxylic acids is 1. The van der Waals surface area contributed by atoms with E-state index in [9.17, 15) is 4.79 Å². The molecule has 2 nitrogen and oxygen atoms in total. The van der Waals surface area contributed by atoms with E-state index in [1.807, 2.05) is 42.5 Å². The van der Waals surface area contributed by atoms with Gasteiger partial charge < -0.3 is 4.79 Å². The lowest BCUT2D eigenvalue weighted by Gasteiger charge is -2.33. The molecule has 2 aromatic carbocycles. The predicted octanol–water partition coefficient (Wildman–Crippen LogP) is 6.72. The molecule has 0 saturated carbocycles. The highest BCUT2D eigenvalue weighted by molar-refractivity contribution is 5.66. The normalized spacial score (nSPS) is 12.5. The fourth-order valence-corrected chi connectivity index (χ4v) is 3.43. The lowest BCUT2D eigenvalue weighted by atomic mass is 9.84. The van der Waals surface area contributed by atoms with Crippen LogP contribution in [0.4, 0.5) is 0 Å². The Hall–Kier alpha value is -2.45. The van der Waals surface area contributed by atoms with Gasteiger partial charge in [0.05, 0.1) is 5.54 Å². The summed E-state index contributed by atoms with van der Waals surface area (Å²) in [6.07, 6.45) is 10.2. The number of hydrogen-bond acceptors (Lipinski definition) is 2. The van der Waals surface area contributed by atoms with Crippen molar-refractivity contribution in [1.29, 1.82) is 0 Å². The molecule has 2 aromatic rings. The number of nitrogens with one attached hydrogen (secondary N) is 1. The van der Waals surface area contributed by atoms with Crippen LogP contribution in [0.3, 0.4) is 0 Å². The number of unbranched alkanes of at least 4 members (excludes halogenated alkanes) is 2. The second kappa shape index (κ2) is 14.5. The molecule has 30 heavy (non-hydrogen) atoms. The number of rotatable bonds is 11. The average Bonchev–Trinajstić information content (AvgIpc) is 2.76. The molecule has 1 unspecified atom stereocenters. The van der Waals surface area contributed by atoms with E-state index in [2.05, 4.69) is 63.9 Å². The van der Waals surface area contributed by atoms with Gasteiger partial charge in [-0.15, -0.1) is 0 Å². The topological polar surface area (TPSA) is 29.1 Å². The van der Waals surface area contributed by atoms with Crippen LogP contribution in [-0.2, 0) is 17.6 Å². The molecule has 2 heteroatoms. The third-order valence-corrected chi connectivity index (χ3v) is 5.23. The van der Waals surface area contributed by atoms with Gasteiger partial charge in [0.1, 0.15) is 6.29 Å². The van der Waals surface area contributed by atoms with Gasteiger partial charge in [-0.1, -0.05) is 118 Å². The summed E-state index contributed by atoms with van der Waals surface area (Å²) in [6, 6.07) is 20.4. The lowest BCUT2D eigenvalue weighted by Crippen LogP contribution is -2.54. The zero-order chi connectivity index (χ0) is 22.2. The van der Waals surface area contributed by atoms with Gasteiger partial charge in [-0.2, -0.15) is 0 Å². The molecule has 0 aliphatic heterocycles. The summed E-state index contributed by atoms with van der Waals surface area (Å²) in [7, 11) is 0. The summed E-state index contributed by atoms with van der Waals surface area (Å²) in [6.45, 7) is 12.3. The molecule has 0 amide bonds. The summed E-state index contributed by atoms with van der Waals surface area (Å²) in [5.41, 5.74) is 2.80. The first kappa shape index (κ1) is 25.6.